The number of rotatable bonds is 4. The molecule has 5 nitrogen and oxygen atoms in total. The molecule has 1 aliphatic rings. The van der Waals surface area contributed by atoms with Crippen LogP contribution in [0.1, 0.15) is 36.8 Å². The van der Waals surface area contributed by atoms with Crippen molar-refractivity contribution in [3.05, 3.63) is 69.1 Å². The molecule has 0 saturated heterocycles. The van der Waals surface area contributed by atoms with E-state index in [4.69, 9.17) is 11.6 Å². The monoisotopic (exact) mass is 440 g/mol. The first kappa shape index (κ1) is 22.1. The van der Waals surface area contributed by atoms with E-state index < -0.39 is 35.3 Å². The highest BCUT2D eigenvalue weighted by atomic mass is 35.5. The SMILES string of the molecule is CN(C(=O)Cn1cccc(C(F)(F)F)c1=O)C1(c2ccccc2Cl)CCCCC1=O. The van der Waals surface area contributed by atoms with Gasteiger partial charge in [-0.25, -0.2) is 0 Å². The number of likely N-dealkylation sites (N-methyl/N-ethyl adjacent to an activating group) is 1. The first-order chi connectivity index (χ1) is 14.1. The lowest BCUT2D eigenvalue weighted by Gasteiger charge is -2.44. The number of amides is 1. The maximum atomic E-state index is 13.0. The van der Waals surface area contributed by atoms with Gasteiger partial charge in [-0.3, -0.25) is 14.4 Å². The predicted octanol–water partition coefficient (Wildman–Crippen LogP) is 4.02. The zero-order valence-corrected chi connectivity index (χ0v) is 17.0. The predicted molar refractivity (Wildman–Crippen MR) is 105 cm³/mol. The van der Waals surface area contributed by atoms with Crippen LogP contribution in [0.4, 0.5) is 13.2 Å². The Balaban J connectivity index is 2.00. The van der Waals surface area contributed by atoms with Crippen LogP contribution in [0.15, 0.2) is 47.4 Å². The standard InChI is InChI=1S/C21H20ClF3N2O3/c1-26(18(29)13-27-12-6-8-15(19(27)30)21(23,24)25)20(11-5-4-10-17(20)28)14-7-2-3-9-16(14)22/h2-3,6-9,12H,4-5,10-11,13H2,1H3. The van der Waals surface area contributed by atoms with E-state index in [0.29, 0.717) is 40.5 Å². The average molecular weight is 441 g/mol. The third-order valence-electron chi connectivity index (χ3n) is 5.55. The molecule has 2 aromatic rings. The fourth-order valence-corrected chi connectivity index (χ4v) is 4.26. The molecular formula is C21H20ClF3N2O3. The number of nitrogens with zero attached hydrogens (tertiary/aromatic N) is 2. The molecule has 0 radical (unpaired) electrons. The highest BCUT2D eigenvalue weighted by Crippen LogP contribution is 2.42. The van der Waals surface area contributed by atoms with Crippen molar-refractivity contribution < 1.29 is 22.8 Å². The van der Waals surface area contributed by atoms with Crippen LogP contribution >= 0.6 is 11.6 Å². The van der Waals surface area contributed by atoms with Crippen molar-refractivity contribution >= 4 is 23.3 Å². The molecule has 1 atom stereocenters. The Bertz CT molecular complexity index is 1030. The maximum absolute atomic E-state index is 13.0. The van der Waals surface area contributed by atoms with Crippen molar-refractivity contribution in [1.29, 1.82) is 0 Å². The van der Waals surface area contributed by atoms with Crippen LogP contribution in [-0.2, 0) is 27.8 Å². The van der Waals surface area contributed by atoms with Gasteiger partial charge >= 0.3 is 6.18 Å². The number of carbonyl (C=O) groups excluding carboxylic acids is 2. The minimum absolute atomic E-state index is 0.186. The molecule has 0 bridgehead atoms. The van der Waals surface area contributed by atoms with Gasteiger partial charge in [-0.1, -0.05) is 29.8 Å². The zero-order valence-electron chi connectivity index (χ0n) is 16.2. The molecule has 1 fully saturated rings. The van der Waals surface area contributed by atoms with E-state index in [-0.39, 0.29) is 12.2 Å². The van der Waals surface area contributed by atoms with E-state index in [9.17, 15) is 27.6 Å². The molecule has 0 aliphatic heterocycles. The molecule has 1 aliphatic carbocycles. The molecule has 1 aromatic carbocycles. The number of halogens is 4. The highest BCUT2D eigenvalue weighted by molar-refractivity contribution is 6.31. The molecule has 0 spiro atoms. The van der Waals surface area contributed by atoms with Crippen LogP contribution in [-0.4, -0.2) is 28.2 Å². The van der Waals surface area contributed by atoms with E-state index in [0.717, 1.165) is 12.3 Å². The average Bonchev–Trinajstić information content (AvgIpc) is 2.69. The van der Waals surface area contributed by atoms with E-state index in [1.54, 1.807) is 24.3 Å². The number of ketones is 1. The fraction of sp³-hybridized carbons (Fsp3) is 0.381. The largest absolute Gasteiger partial charge is 0.421 e. The Kier molecular flexibility index (Phi) is 6.08. The van der Waals surface area contributed by atoms with E-state index in [1.807, 2.05) is 0 Å². The summed E-state index contributed by atoms with van der Waals surface area (Å²) in [6.45, 7) is -0.626. The first-order valence-corrected chi connectivity index (χ1v) is 9.78. The zero-order chi connectivity index (χ0) is 22.1. The molecule has 3 rings (SSSR count). The van der Waals surface area contributed by atoms with Crippen molar-refractivity contribution in [2.24, 2.45) is 0 Å². The van der Waals surface area contributed by atoms with E-state index >= 15 is 0 Å². The Morgan fingerprint density at radius 3 is 2.50 bits per heavy atom. The normalized spacial score (nSPS) is 19.6. The number of Topliss-reactive ketones (excluding diaryl/α,β-unsaturated/α-hetero) is 1. The lowest BCUT2D eigenvalue weighted by atomic mass is 9.74. The molecule has 160 valence electrons. The first-order valence-electron chi connectivity index (χ1n) is 9.40. The number of aromatic nitrogens is 1. The molecule has 1 unspecified atom stereocenters. The highest BCUT2D eigenvalue weighted by Gasteiger charge is 2.48. The number of benzene rings is 1. The maximum Gasteiger partial charge on any atom is 0.421 e. The number of pyridine rings is 1. The third-order valence-corrected chi connectivity index (χ3v) is 5.88. The number of carbonyl (C=O) groups is 2. The van der Waals surface area contributed by atoms with Gasteiger partial charge in [0.2, 0.25) is 5.91 Å². The molecule has 9 heteroatoms. The molecular weight excluding hydrogens is 421 g/mol. The molecule has 1 heterocycles. The molecule has 1 saturated carbocycles. The number of alkyl halides is 3. The van der Waals surface area contributed by atoms with Crippen molar-refractivity contribution in [3.63, 3.8) is 0 Å². The number of hydrogen-bond donors (Lipinski definition) is 0. The van der Waals surface area contributed by atoms with E-state index in [1.165, 1.54) is 11.9 Å². The van der Waals surface area contributed by atoms with Crippen molar-refractivity contribution in [2.75, 3.05) is 7.05 Å². The van der Waals surface area contributed by atoms with Gasteiger partial charge in [-0.05, 0) is 37.5 Å². The van der Waals surface area contributed by atoms with Crippen molar-refractivity contribution in [1.82, 2.24) is 9.47 Å². The second-order valence-electron chi connectivity index (χ2n) is 7.28. The van der Waals surface area contributed by atoms with Gasteiger partial charge in [0, 0.05) is 30.3 Å². The topological polar surface area (TPSA) is 59.4 Å². The Hall–Kier alpha value is -2.61. The molecule has 1 amide bonds. The van der Waals surface area contributed by atoms with Crippen molar-refractivity contribution in [2.45, 2.75) is 43.9 Å². The Morgan fingerprint density at radius 1 is 1.17 bits per heavy atom. The second-order valence-corrected chi connectivity index (χ2v) is 7.68. The summed E-state index contributed by atoms with van der Waals surface area (Å²) >= 11 is 6.35. The van der Waals surface area contributed by atoms with Gasteiger partial charge in [-0.15, -0.1) is 0 Å². The van der Waals surface area contributed by atoms with Gasteiger partial charge < -0.3 is 9.47 Å². The summed E-state index contributed by atoms with van der Waals surface area (Å²) in [7, 11) is 1.42. The lowest BCUT2D eigenvalue weighted by molar-refractivity contribution is -0.148. The summed E-state index contributed by atoms with van der Waals surface area (Å²) < 4.78 is 39.8. The smallest absolute Gasteiger partial charge is 0.327 e. The summed E-state index contributed by atoms with van der Waals surface area (Å²) in [6, 6.07) is 8.44. The summed E-state index contributed by atoms with van der Waals surface area (Å²) in [5, 5.41) is 0.323. The van der Waals surface area contributed by atoms with Gasteiger partial charge in [0.25, 0.3) is 5.56 Å². The Morgan fingerprint density at radius 2 is 1.87 bits per heavy atom. The van der Waals surface area contributed by atoms with Gasteiger partial charge in [0.1, 0.15) is 17.6 Å². The van der Waals surface area contributed by atoms with Crippen LogP contribution < -0.4 is 5.56 Å². The van der Waals surface area contributed by atoms with Gasteiger partial charge in [0.15, 0.2) is 5.78 Å². The van der Waals surface area contributed by atoms with Gasteiger partial charge in [0.05, 0.1) is 0 Å². The number of hydrogen-bond acceptors (Lipinski definition) is 3. The molecule has 30 heavy (non-hydrogen) atoms. The summed E-state index contributed by atoms with van der Waals surface area (Å²) in [5.74, 6) is -0.847. The quantitative estimate of drug-likeness (QED) is 0.721. The summed E-state index contributed by atoms with van der Waals surface area (Å²) in [6.07, 6.45) is -1.75. The molecule has 1 aromatic heterocycles. The lowest BCUT2D eigenvalue weighted by Crippen LogP contribution is -2.55. The minimum atomic E-state index is -4.83. The van der Waals surface area contributed by atoms with Crippen LogP contribution in [0, 0.1) is 0 Å². The summed E-state index contributed by atoms with van der Waals surface area (Å²) in [5.41, 5.74) is -3.51. The fourth-order valence-electron chi connectivity index (χ4n) is 3.97. The van der Waals surface area contributed by atoms with Gasteiger partial charge in [-0.2, -0.15) is 13.2 Å². The minimum Gasteiger partial charge on any atom is -0.327 e. The third kappa shape index (κ3) is 3.88. The van der Waals surface area contributed by atoms with E-state index in [2.05, 4.69) is 0 Å². The van der Waals surface area contributed by atoms with Crippen LogP contribution in [0.3, 0.4) is 0 Å². The van der Waals surface area contributed by atoms with Crippen LogP contribution in [0.2, 0.25) is 5.02 Å². The summed E-state index contributed by atoms with van der Waals surface area (Å²) in [4.78, 5) is 39.5. The Labute approximate surface area is 176 Å². The van der Waals surface area contributed by atoms with Crippen LogP contribution in [0.25, 0.3) is 0 Å². The van der Waals surface area contributed by atoms with Crippen molar-refractivity contribution in [3.8, 4) is 0 Å². The second kappa shape index (κ2) is 8.26. The molecule has 0 N–H and O–H groups in total. The van der Waals surface area contributed by atoms with Crippen LogP contribution in [0.5, 0.6) is 0 Å².